The van der Waals surface area contributed by atoms with Crippen LogP contribution in [0.5, 0.6) is 5.75 Å². The first-order valence-corrected chi connectivity index (χ1v) is 6.65. The minimum Gasteiger partial charge on any atom is -0.495 e. The Kier molecular flexibility index (Phi) is 5.24. The van der Waals surface area contributed by atoms with E-state index in [0.717, 1.165) is 29.1 Å². The summed E-state index contributed by atoms with van der Waals surface area (Å²) in [6.45, 7) is 1.83. The molecule has 1 heterocycles. The summed E-state index contributed by atoms with van der Waals surface area (Å²) in [6, 6.07) is 5.94. The van der Waals surface area contributed by atoms with Gasteiger partial charge in [-0.05, 0) is 17.7 Å². The van der Waals surface area contributed by atoms with E-state index in [1.807, 2.05) is 35.3 Å². The van der Waals surface area contributed by atoms with Crippen molar-refractivity contribution in [2.45, 2.75) is 6.54 Å². The van der Waals surface area contributed by atoms with E-state index in [1.54, 1.807) is 14.2 Å². The number of methoxy groups -OCH3 is 2. The maximum Gasteiger partial charge on any atom is 0.142 e. The monoisotopic (exact) mass is 285 g/mol. The maximum atomic E-state index is 5.40. The van der Waals surface area contributed by atoms with Crippen molar-refractivity contribution < 1.29 is 9.47 Å². The van der Waals surface area contributed by atoms with Gasteiger partial charge in [0.2, 0.25) is 0 Å². The third kappa shape index (κ3) is 3.77. The lowest BCUT2D eigenvalue weighted by atomic mass is 10.1. The van der Waals surface area contributed by atoms with Crippen LogP contribution in [-0.4, -0.2) is 37.2 Å². The van der Waals surface area contributed by atoms with Crippen LogP contribution >= 0.6 is 0 Å². The van der Waals surface area contributed by atoms with E-state index >= 15 is 0 Å². The number of anilines is 1. The molecule has 1 aromatic heterocycles. The van der Waals surface area contributed by atoms with Crippen LogP contribution in [0.4, 0.5) is 5.69 Å². The van der Waals surface area contributed by atoms with Crippen LogP contribution in [0.15, 0.2) is 30.6 Å². The smallest absolute Gasteiger partial charge is 0.142 e. The quantitative estimate of drug-likeness (QED) is 0.793. The van der Waals surface area contributed by atoms with Crippen LogP contribution in [0, 0.1) is 12.3 Å². The lowest BCUT2D eigenvalue weighted by Crippen LogP contribution is -2.03. The molecule has 5 nitrogen and oxygen atoms in total. The number of terminal acetylenes is 1. The third-order valence-corrected chi connectivity index (χ3v) is 3.07. The molecule has 0 aliphatic heterocycles. The van der Waals surface area contributed by atoms with Crippen molar-refractivity contribution in [1.82, 2.24) is 9.78 Å². The summed E-state index contributed by atoms with van der Waals surface area (Å²) in [5.74, 6) is 3.30. The lowest BCUT2D eigenvalue weighted by Gasteiger charge is -2.10. The first kappa shape index (κ1) is 14.9. The van der Waals surface area contributed by atoms with E-state index in [4.69, 9.17) is 15.9 Å². The Morgan fingerprint density at radius 1 is 1.33 bits per heavy atom. The molecule has 21 heavy (non-hydrogen) atoms. The van der Waals surface area contributed by atoms with Crippen molar-refractivity contribution in [3.63, 3.8) is 0 Å². The van der Waals surface area contributed by atoms with E-state index in [0.29, 0.717) is 13.2 Å². The number of rotatable bonds is 7. The largest absolute Gasteiger partial charge is 0.495 e. The lowest BCUT2D eigenvalue weighted by molar-refractivity contribution is 0.183. The Morgan fingerprint density at radius 2 is 2.19 bits per heavy atom. The van der Waals surface area contributed by atoms with Gasteiger partial charge >= 0.3 is 0 Å². The van der Waals surface area contributed by atoms with Crippen molar-refractivity contribution in [2.24, 2.45) is 0 Å². The first-order chi connectivity index (χ1) is 10.3. The fourth-order valence-electron chi connectivity index (χ4n) is 1.98. The Morgan fingerprint density at radius 3 is 2.90 bits per heavy atom. The normalized spacial score (nSPS) is 10.1. The van der Waals surface area contributed by atoms with Crippen molar-refractivity contribution in [3.05, 3.63) is 30.6 Å². The predicted octanol–water partition coefficient (Wildman–Crippen LogP) is 2.25. The Bertz CT molecular complexity index is 629. The Labute approximate surface area is 124 Å². The van der Waals surface area contributed by atoms with Gasteiger partial charge in [0.05, 0.1) is 38.7 Å². The summed E-state index contributed by atoms with van der Waals surface area (Å²) in [6.07, 6.45) is 9.08. The summed E-state index contributed by atoms with van der Waals surface area (Å²) in [5, 5.41) is 7.44. The second-order valence-corrected chi connectivity index (χ2v) is 4.46. The van der Waals surface area contributed by atoms with Gasteiger partial charge in [-0.2, -0.15) is 5.10 Å². The maximum absolute atomic E-state index is 5.40. The standard InChI is InChI=1S/C16H19N3O2/c1-4-7-17-15-6-5-13(10-16(15)21-3)14-11-18-19(12-14)8-9-20-2/h1,5-6,10-12,17H,7-9H2,2-3H3. The molecule has 5 heteroatoms. The van der Waals surface area contributed by atoms with E-state index in [9.17, 15) is 0 Å². The van der Waals surface area contributed by atoms with Crippen molar-refractivity contribution in [1.29, 1.82) is 0 Å². The van der Waals surface area contributed by atoms with Crippen molar-refractivity contribution in [3.8, 4) is 29.2 Å². The molecule has 110 valence electrons. The molecule has 1 N–H and O–H groups in total. The second kappa shape index (κ2) is 7.36. The zero-order valence-corrected chi connectivity index (χ0v) is 12.3. The SMILES string of the molecule is C#CCNc1ccc(-c2cnn(CCOC)c2)cc1OC. The first-order valence-electron chi connectivity index (χ1n) is 6.65. The molecule has 0 amide bonds. The number of benzene rings is 1. The van der Waals surface area contributed by atoms with Crippen LogP contribution in [0.25, 0.3) is 11.1 Å². The van der Waals surface area contributed by atoms with E-state index in [2.05, 4.69) is 16.3 Å². The van der Waals surface area contributed by atoms with Gasteiger partial charge in [-0.1, -0.05) is 12.0 Å². The van der Waals surface area contributed by atoms with Crippen LogP contribution < -0.4 is 10.1 Å². The van der Waals surface area contributed by atoms with Gasteiger partial charge in [-0.25, -0.2) is 0 Å². The fraction of sp³-hybridized carbons (Fsp3) is 0.312. The van der Waals surface area contributed by atoms with E-state index in [1.165, 1.54) is 0 Å². The van der Waals surface area contributed by atoms with Crippen molar-refractivity contribution in [2.75, 3.05) is 32.7 Å². The molecule has 0 fully saturated rings. The summed E-state index contributed by atoms with van der Waals surface area (Å²) < 4.78 is 12.3. The van der Waals surface area contributed by atoms with Gasteiger partial charge in [0, 0.05) is 18.9 Å². The predicted molar refractivity (Wildman–Crippen MR) is 83.4 cm³/mol. The van der Waals surface area contributed by atoms with Gasteiger partial charge in [0.15, 0.2) is 0 Å². The van der Waals surface area contributed by atoms with Gasteiger partial charge in [-0.15, -0.1) is 6.42 Å². The molecule has 0 atom stereocenters. The molecule has 0 spiro atoms. The van der Waals surface area contributed by atoms with E-state index < -0.39 is 0 Å². The molecule has 0 aliphatic carbocycles. The minimum absolute atomic E-state index is 0.463. The van der Waals surface area contributed by atoms with Crippen LogP contribution in [-0.2, 0) is 11.3 Å². The average molecular weight is 285 g/mol. The molecule has 0 saturated heterocycles. The van der Waals surface area contributed by atoms with Crippen molar-refractivity contribution >= 4 is 5.69 Å². The molecule has 0 saturated carbocycles. The van der Waals surface area contributed by atoms with Crippen LogP contribution in [0.1, 0.15) is 0 Å². The Balaban J connectivity index is 2.20. The van der Waals surface area contributed by atoms with Gasteiger partial charge < -0.3 is 14.8 Å². The molecular weight excluding hydrogens is 266 g/mol. The molecular formula is C16H19N3O2. The molecule has 1 aromatic carbocycles. The van der Waals surface area contributed by atoms with Crippen LogP contribution in [0.3, 0.4) is 0 Å². The number of hydrogen-bond donors (Lipinski definition) is 1. The number of hydrogen-bond acceptors (Lipinski definition) is 4. The molecule has 0 unspecified atom stereocenters. The third-order valence-electron chi connectivity index (χ3n) is 3.07. The van der Waals surface area contributed by atoms with E-state index in [-0.39, 0.29) is 0 Å². The minimum atomic E-state index is 0.463. The summed E-state index contributed by atoms with van der Waals surface area (Å²) in [7, 11) is 3.32. The summed E-state index contributed by atoms with van der Waals surface area (Å²) in [5.41, 5.74) is 2.96. The highest BCUT2D eigenvalue weighted by Gasteiger charge is 2.07. The molecule has 0 aliphatic rings. The fourth-order valence-corrected chi connectivity index (χ4v) is 1.98. The molecule has 0 bridgehead atoms. The number of aromatic nitrogens is 2. The summed E-state index contributed by atoms with van der Waals surface area (Å²) >= 11 is 0. The molecule has 0 radical (unpaired) electrons. The highest BCUT2D eigenvalue weighted by atomic mass is 16.5. The average Bonchev–Trinajstić information content (AvgIpc) is 2.99. The van der Waals surface area contributed by atoms with Gasteiger partial charge in [-0.3, -0.25) is 4.68 Å². The number of ether oxygens (including phenoxy) is 2. The topological polar surface area (TPSA) is 48.3 Å². The zero-order valence-electron chi connectivity index (χ0n) is 12.3. The number of nitrogens with zero attached hydrogens (tertiary/aromatic N) is 2. The highest BCUT2D eigenvalue weighted by molar-refractivity contribution is 5.70. The van der Waals surface area contributed by atoms with Gasteiger partial charge in [0.25, 0.3) is 0 Å². The highest BCUT2D eigenvalue weighted by Crippen LogP contribution is 2.30. The zero-order chi connectivity index (χ0) is 15.1. The summed E-state index contributed by atoms with van der Waals surface area (Å²) in [4.78, 5) is 0. The Hall–Kier alpha value is -2.45. The number of nitrogens with one attached hydrogen (secondary N) is 1. The molecule has 2 rings (SSSR count). The second-order valence-electron chi connectivity index (χ2n) is 4.46. The van der Waals surface area contributed by atoms with Crippen LogP contribution in [0.2, 0.25) is 0 Å². The molecule has 2 aromatic rings. The van der Waals surface area contributed by atoms with Gasteiger partial charge in [0.1, 0.15) is 5.75 Å².